The fourth-order valence-electron chi connectivity index (χ4n) is 5.28. The maximum absolute atomic E-state index is 14.4. The molecular formula is C24H27ClFN5O4. The molecule has 0 amide bonds. The molecule has 0 saturated carbocycles. The molecule has 11 heteroatoms. The van der Waals surface area contributed by atoms with Crippen molar-refractivity contribution in [3.05, 3.63) is 62.6 Å². The fraction of sp³-hybridized carbons (Fsp3) is 0.458. The molecule has 0 spiro atoms. The summed E-state index contributed by atoms with van der Waals surface area (Å²) >= 11 is 0. The van der Waals surface area contributed by atoms with Crippen molar-refractivity contribution in [2.45, 2.75) is 38.0 Å². The summed E-state index contributed by atoms with van der Waals surface area (Å²) < 4.78 is 28.8. The molecule has 1 fully saturated rings. The molecule has 1 aromatic carbocycles. The Morgan fingerprint density at radius 3 is 2.57 bits per heavy atom. The minimum Gasteiger partial charge on any atom is -0.486 e. The molecule has 1 saturated heterocycles. The molecule has 0 unspecified atom stereocenters. The number of pyridine rings is 1. The Labute approximate surface area is 206 Å². The summed E-state index contributed by atoms with van der Waals surface area (Å²) in [6.45, 7) is 4.26. The minimum atomic E-state index is -0.292. The van der Waals surface area contributed by atoms with Gasteiger partial charge in [0.25, 0.3) is 11.1 Å². The lowest BCUT2D eigenvalue weighted by Gasteiger charge is -2.34. The van der Waals surface area contributed by atoms with Crippen molar-refractivity contribution in [1.29, 1.82) is 0 Å². The second kappa shape index (κ2) is 9.60. The van der Waals surface area contributed by atoms with Gasteiger partial charge in [0.15, 0.2) is 11.5 Å². The molecule has 35 heavy (non-hydrogen) atoms. The van der Waals surface area contributed by atoms with E-state index in [2.05, 4.69) is 15.2 Å². The minimum absolute atomic E-state index is 0. The molecule has 6 rings (SSSR count). The molecule has 186 valence electrons. The van der Waals surface area contributed by atoms with Crippen molar-refractivity contribution >= 4 is 23.6 Å². The SMILES string of the molecule is Cl.O=c1ccc2ncc(=O)n3c2n1C[C@H]3CN1CCC(NCc2cc3c(cc2F)OCCO3)CC1. The van der Waals surface area contributed by atoms with Gasteiger partial charge in [0.05, 0.1) is 12.2 Å². The van der Waals surface area contributed by atoms with Crippen LogP contribution in [0.25, 0.3) is 11.2 Å². The van der Waals surface area contributed by atoms with E-state index in [4.69, 9.17) is 9.47 Å². The second-order valence-corrected chi connectivity index (χ2v) is 9.15. The molecule has 1 atom stereocenters. The van der Waals surface area contributed by atoms with Gasteiger partial charge in [0.2, 0.25) is 0 Å². The van der Waals surface area contributed by atoms with Gasteiger partial charge in [0.1, 0.15) is 30.2 Å². The normalized spacial score (nSPS) is 19.6. The van der Waals surface area contributed by atoms with Crippen molar-refractivity contribution < 1.29 is 13.9 Å². The number of hydrogen-bond acceptors (Lipinski definition) is 7. The van der Waals surface area contributed by atoms with Crippen molar-refractivity contribution in [2.24, 2.45) is 0 Å². The Morgan fingerprint density at radius 2 is 1.80 bits per heavy atom. The number of benzene rings is 1. The van der Waals surface area contributed by atoms with E-state index in [0.717, 1.165) is 25.9 Å². The van der Waals surface area contributed by atoms with Crippen LogP contribution in [0.5, 0.6) is 11.5 Å². The molecular weight excluding hydrogens is 477 g/mol. The molecule has 0 bridgehead atoms. The maximum Gasteiger partial charge on any atom is 0.270 e. The molecule has 3 aromatic rings. The Morgan fingerprint density at radius 1 is 1.06 bits per heavy atom. The zero-order valence-corrected chi connectivity index (χ0v) is 19.9. The average Bonchev–Trinajstić information content (AvgIpc) is 3.23. The smallest absolute Gasteiger partial charge is 0.270 e. The average molecular weight is 504 g/mol. The first-order valence-corrected chi connectivity index (χ1v) is 11.7. The monoisotopic (exact) mass is 503 g/mol. The molecule has 2 aromatic heterocycles. The number of fused-ring (bicyclic) bond motifs is 1. The van der Waals surface area contributed by atoms with Gasteiger partial charge in [-0.25, -0.2) is 9.37 Å². The lowest BCUT2D eigenvalue weighted by molar-refractivity contribution is 0.168. The highest BCUT2D eigenvalue weighted by Crippen LogP contribution is 2.32. The largest absolute Gasteiger partial charge is 0.486 e. The number of ether oxygens (including phenoxy) is 2. The molecule has 5 heterocycles. The Bertz CT molecular complexity index is 1360. The molecule has 1 N–H and O–H groups in total. The van der Waals surface area contributed by atoms with Crippen molar-refractivity contribution in [1.82, 2.24) is 24.3 Å². The predicted molar refractivity (Wildman–Crippen MR) is 130 cm³/mol. The lowest BCUT2D eigenvalue weighted by Crippen LogP contribution is -2.44. The number of nitrogens with one attached hydrogen (secondary N) is 1. The van der Waals surface area contributed by atoms with Gasteiger partial charge in [0, 0.05) is 43.4 Å². The van der Waals surface area contributed by atoms with Crippen LogP contribution in [0.15, 0.2) is 40.1 Å². The number of aromatic nitrogens is 3. The number of hydrogen-bond donors (Lipinski definition) is 1. The maximum atomic E-state index is 14.4. The van der Waals surface area contributed by atoms with Gasteiger partial charge in [-0.3, -0.25) is 18.7 Å². The summed E-state index contributed by atoms with van der Waals surface area (Å²) in [4.78, 5) is 31.4. The first kappa shape index (κ1) is 23.8. The van der Waals surface area contributed by atoms with Gasteiger partial charge < -0.3 is 19.7 Å². The third-order valence-electron chi connectivity index (χ3n) is 7.02. The summed E-state index contributed by atoms with van der Waals surface area (Å²) in [5.41, 5.74) is 1.57. The van der Waals surface area contributed by atoms with E-state index in [9.17, 15) is 14.0 Å². The molecule has 0 aliphatic carbocycles. The van der Waals surface area contributed by atoms with E-state index in [1.165, 1.54) is 18.3 Å². The summed E-state index contributed by atoms with van der Waals surface area (Å²) in [5, 5.41) is 3.47. The quantitative estimate of drug-likeness (QED) is 0.566. The second-order valence-electron chi connectivity index (χ2n) is 9.15. The Kier molecular flexibility index (Phi) is 6.52. The van der Waals surface area contributed by atoms with Crippen LogP contribution >= 0.6 is 12.4 Å². The van der Waals surface area contributed by atoms with E-state index in [1.54, 1.807) is 21.3 Å². The van der Waals surface area contributed by atoms with Crippen LogP contribution in [-0.2, 0) is 13.1 Å². The standard InChI is InChI=1S/C24H26FN5O4.ClH/c25-18-10-21-20(33-7-8-34-21)9-15(18)11-26-16-3-5-28(6-4-16)13-17-14-29-22(31)2-1-19-24(29)30(17)23(32)12-27-19;/h1-2,9-10,12,16-17,26H,3-8,11,13-14H2;1H/t17-;/m1./s1. The molecule has 3 aliphatic rings. The predicted octanol–water partition coefficient (Wildman–Crippen LogP) is 1.70. The highest BCUT2D eigenvalue weighted by atomic mass is 35.5. The van der Waals surface area contributed by atoms with Crippen LogP contribution in [0.3, 0.4) is 0 Å². The third kappa shape index (κ3) is 4.41. The van der Waals surface area contributed by atoms with E-state index < -0.39 is 0 Å². The third-order valence-corrected chi connectivity index (χ3v) is 7.02. The number of halogens is 2. The summed E-state index contributed by atoms with van der Waals surface area (Å²) in [6, 6.07) is 6.49. The fourth-order valence-corrected chi connectivity index (χ4v) is 5.28. The number of nitrogens with zero attached hydrogens (tertiary/aromatic N) is 4. The number of piperidine rings is 1. The van der Waals surface area contributed by atoms with Crippen molar-refractivity contribution in [3.8, 4) is 11.5 Å². The van der Waals surface area contributed by atoms with Gasteiger partial charge >= 0.3 is 0 Å². The highest BCUT2D eigenvalue weighted by Gasteiger charge is 2.29. The topological polar surface area (TPSA) is 90.6 Å². The summed E-state index contributed by atoms with van der Waals surface area (Å²) in [7, 11) is 0. The van der Waals surface area contributed by atoms with Crippen LogP contribution in [-0.4, -0.2) is 57.9 Å². The summed E-state index contributed by atoms with van der Waals surface area (Å²) in [6.07, 6.45) is 3.18. The Hall–Kier alpha value is -2.95. The van der Waals surface area contributed by atoms with Gasteiger partial charge in [-0.1, -0.05) is 0 Å². The van der Waals surface area contributed by atoms with E-state index in [1.807, 2.05) is 0 Å². The molecule has 9 nitrogen and oxygen atoms in total. The van der Waals surface area contributed by atoms with Crippen LogP contribution in [0.2, 0.25) is 0 Å². The van der Waals surface area contributed by atoms with Crippen LogP contribution in [0.4, 0.5) is 4.39 Å². The Balaban J connectivity index is 0.00000253. The first-order chi connectivity index (χ1) is 16.6. The zero-order chi connectivity index (χ0) is 23.2. The number of rotatable bonds is 5. The van der Waals surface area contributed by atoms with Crippen molar-refractivity contribution in [2.75, 3.05) is 32.8 Å². The van der Waals surface area contributed by atoms with Gasteiger partial charge in [-0.2, -0.15) is 0 Å². The molecule has 0 radical (unpaired) electrons. The van der Waals surface area contributed by atoms with Crippen LogP contribution in [0.1, 0.15) is 24.4 Å². The van der Waals surface area contributed by atoms with E-state index in [0.29, 0.717) is 61.1 Å². The number of likely N-dealkylation sites (tertiary alicyclic amines) is 1. The molecule has 3 aliphatic heterocycles. The first-order valence-electron chi connectivity index (χ1n) is 11.7. The van der Waals surface area contributed by atoms with Crippen LogP contribution < -0.4 is 25.9 Å². The van der Waals surface area contributed by atoms with Gasteiger partial charge in [-0.05, 0) is 38.1 Å². The van der Waals surface area contributed by atoms with Gasteiger partial charge in [-0.15, -0.1) is 12.4 Å². The summed E-state index contributed by atoms with van der Waals surface area (Å²) in [5.74, 6) is 0.762. The zero-order valence-electron chi connectivity index (χ0n) is 19.1. The van der Waals surface area contributed by atoms with E-state index >= 15 is 0 Å². The van der Waals surface area contributed by atoms with Crippen LogP contribution in [0, 0.1) is 5.82 Å². The van der Waals surface area contributed by atoms with Crippen molar-refractivity contribution in [3.63, 3.8) is 0 Å². The highest BCUT2D eigenvalue weighted by molar-refractivity contribution is 5.85. The van der Waals surface area contributed by atoms with E-state index in [-0.39, 0.29) is 41.4 Å². The lowest BCUT2D eigenvalue weighted by atomic mass is 10.0.